The highest BCUT2D eigenvalue weighted by Gasteiger charge is 2.17. The molecule has 0 amide bonds. The first-order chi connectivity index (χ1) is 6.75. The molecule has 1 fully saturated rings. The highest BCUT2D eigenvalue weighted by molar-refractivity contribution is 9.10. The molecule has 0 radical (unpaired) electrons. The summed E-state index contributed by atoms with van der Waals surface area (Å²) in [5.41, 5.74) is 1.07. The van der Waals surface area contributed by atoms with E-state index in [2.05, 4.69) is 15.9 Å². The summed E-state index contributed by atoms with van der Waals surface area (Å²) in [7, 11) is 0. The first-order valence-electron chi connectivity index (χ1n) is 4.81. The maximum Gasteiger partial charge on any atom is 0.0735 e. The zero-order valence-electron chi connectivity index (χ0n) is 7.80. The number of rotatable bonds is 3. The molecule has 14 heavy (non-hydrogen) atoms. The first-order valence-corrected chi connectivity index (χ1v) is 5.98. The van der Waals surface area contributed by atoms with Gasteiger partial charge in [-0.2, -0.15) is 0 Å². The van der Waals surface area contributed by atoms with E-state index in [0.717, 1.165) is 15.1 Å². The second kappa shape index (κ2) is 4.65. The Morgan fingerprint density at radius 3 is 2.79 bits per heavy atom. The molecule has 1 aliphatic carbocycles. The van der Waals surface area contributed by atoms with Crippen LogP contribution in [0.3, 0.4) is 0 Å². The van der Waals surface area contributed by atoms with Crippen molar-refractivity contribution in [2.75, 3.05) is 0 Å². The Hall–Kier alpha value is -0.0500. The molecular weight excluding hydrogens is 263 g/mol. The smallest absolute Gasteiger partial charge is 0.0735 e. The number of hydrogen-bond donors (Lipinski definition) is 0. The molecule has 0 aliphatic heterocycles. The van der Waals surface area contributed by atoms with Crippen LogP contribution in [0.4, 0.5) is 0 Å². The zero-order valence-corrected chi connectivity index (χ0v) is 10.1. The minimum absolute atomic E-state index is 0.467. The lowest BCUT2D eigenvalue weighted by molar-refractivity contribution is -0.00862. The second-order valence-corrected chi connectivity index (χ2v) is 4.92. The van der Waals surface area contributed by atoms with Crippen molar-refractivity contribution in [2.24, 2.45) is 0 Å². The van der Waals surface area contributed by atoms with Gasteiger partial charge in [0.05, 0.1) is 12.7 Å². The van der Waals surface area contributed by atoms with Gasteiger partial charge in [0.15, 0.2) is 0 Å². The molecule has 3 heteroatoms. The summed E-state index contributed by atoms with van der Waals surface area (Å²) < 4.78 is 6.69. The number of ether oxygens (including phenoxy) is 1. The molecule has 0 unspecified atom stereocenters. The molecule has 1 aromatic carbocycles. The predicted octanol–water partition coefficient (Wildman–Crippen LogP) is 4.17. The third-order valence-corrected chi connectivity index (χ3v) is 3.39. The van der Waals surface area contributed by atoms with Gasteiger partial charge in [-0.1, -0.05) is 33.6 Å². The highest BCUT2D eigenvalue weighted by Crippen LogP contribution is 2.26. The monoisotopic (exact) mass is 274 g/mol. The molecule has 0 saturated heterocycles. The Morgan fingerprint density at radius 1 is 1.43 bits per heavy atom. The summed E-state index contributed by atoms with van der Waals surface area (Å²) in [4.78, 5) is 0. The van der Waals surface area contributed by atoms with Crippen LogP contribution in [0.15, 0.2) is 22.7 Å². The molecule has 1 aliphatic rings. The lowest BCUT2D eigenvalue weighted by atomic mass is 9.96. The fourth-order valence-electron chi connectivity index (χ4n) is 1.38. The highest BCUT2D eigenvalue weighted by atomic mass is 79.9. The van der Waals surface area contributed by atoms with Crippen molar-refractivity contribution < 1.29 is 4.74 Å². The van der Waals surface area contributed by atoms with Gasteiger partial charge in [0, 0.05) is 9.50 Å². The SMILES string of the molecule is Clc1cc(Br)ccc1COC1CCC1. The lowest BCUT2D eigenvalue weighted by Crippen LogP contribution is -2.21. The lowest BCUT2D eigenvalue weighted by Gasteiger charge is -2.25. The topological polar surface area (TPSA) is 9.23 Å². The molecule has 0 aromatic heterocycles. The van der Waals surface area contributed by atoms with Gasteiger partial charge in [0.2, 0.25) is 0 Å². The summed E-state index contributed by atoms with van der Waals surface area (Å²) in [5.74, 6) is 0. The van der Waals surface area contributed by atoms with Crippen LogP contribution in [0.2, 0.25) is 5.02 Å². The van der Waals surface area contributed by atoms with Crippen molar-refractivity contribution in [3.8, 4) is 0 Å². The Balaban J connectivity index is 1.94. The van der Waals surface area contributed by atoms with E-state index >= 15 is 0 Å². The molecule has 76 valence electrons. The van der Waals surface area contributed by atoms with Crippen molar-refractivity contribution in [1.29, 1.82) is 0 Å². The largest absolute Gasteiger partial charge is 0.373 e. The molecule has 0 bridgehead atoms. The predicted molar refractivity (Wildman–Crippen MR) is 61.6 cm³/mol. The van der Waals surface area contributed by atoms with Gasteiger partial charge in [0.25, 0.3) is 0 Å². The average Bonchev–Trinajstić information content (AvgIpc) is 2.05. The van der Waals surface area contributed by atoms with Crippen molar-refractivity contribution in [3.05, 3.63) is 33.3 Å². The first kappa shape index (κ1) is 10.5. The molecule has 0 heterocycles. The van der Waals surface area contributed by atoms with Crippen molar-refractivity contribution in [2.45, 2.75) is 32.0 Å². The summed E-state index contributed by atoms with van der Waals surface area (Å²) in [6.07, 6.45) is 4.18. The second-order valence-electron chi connectivity index (χ2n) is 3.60. The molecule has 1 saturated carbocycles. The summed E-state index contributed by atoms with van der Waals surface area (Å²) >= 11 is 9.44. The molecule has 1 aromatic rings. The number of hydrogen-bond acceptors (Lipinski definition) is 1. The standard InChI is InChI=1S/C11H12BrClO/c12-9-5-4-8(11(13)6-9)7-14-10-2-1-3-10/h4-6,10H,1-3,7H2. The molecule has 2 rings (SSSR count). The normalized spacial score (nSPS) is 16.7. The van der Waals surface area contributed by atoms with Gasteiger partial charge in [-0.25, -0.2) is 0 Å². The summed E-state index contributed by atoms with van der Waals surface area (Å²) in [5, 5.41) is 0.777. The van der Waals surface area contributed by atoms with Crippen LogP contribution in [0, 0.1) is 0 Å². The van der Waals surface area contributed by atoms with Gasteiger partial charge in [-0.3, -0.25) is 0 Å². The fraction of sp³-hybridized carbons (Fsp3) is 0.455. The maximum atomic E-state index is 6.06. The average molecular weight is 276 g/mol. The molecule has 0 N–H and O–H groups in total. The van der Waals surface area contributed by atoms with Crippen LogP contribution < -0.4 is 0 Å². The Bertz CT molecular complexity index is 323. The van der Waals surface area contributed by atoms with Gasteiger partial charge in [0.1, 0.15) is 0 Å². The summed E-state index contributed by atoms with van der Waals surface area (Å²) in [6, 6.07) is 5.90. The van der Waals surface area contributed by atoms with Crippen molar-refractivity contribution >= 4 is 27.5 Å². The minimum atomic E-state index is 0.467. The summed E-state index contributed by atoms with van der Waals surface area (Å²) in [6.45, 7) is 0.636. The van der Waals surface area contributed by atoms with Crippen LogP contribution in [0.5, 0.6) is 0 Å². The Labute approximate surface area is 97.5 Å². The third kappa shape index (κ3) is 2.50. The third-order valence-electron chi connectivity index (χ3n) is 2.54. The van der Waals surface area contributed by atoms with E-state index in [9.17, 15) is 0 Å². The molecule has 1 nitrogen and oxygen atoms in total. The molecule has 0 atom stereocenters. The van der Waals surface area contributed by atoms with Gasteiger partial charge in [-0.05, 0) is 37.0 Å². The molecular formula is C11H12BrClO. The Kier molecular flexibility index (Phi) is 3.47. The minimum Gasteiger partial charge on any atom is -0.373 e. The van der Waals surface area contributed by atoms with E-state index in [0.29, 0.717) is 12.7 Å². The maximum absolute atomic E-state index is 6.06. The molecule has 0 spiro atoms. The van der Waals surface area contributed by atoms with Gasteiger partial charge < -0.3 is 4.74 Å². The van der Waals surface area contributed by atoms with E-state index in [1.54, 1.807) is 0 Å². The van der Waals surface area contributed by atoms with E-state index in [4.69, 9.17) is 16.3 Å². The fourth-order valence-corrected chi connectivity index (χ4v) is 2.11. The van der Waals surface area contributed by atoms with Crippen LogP contribution >= 0.6 is 27.5 Å². The van der Waals surface area contributed by atoms with E-state index in [1.165, 1.54) is 19.3 Å². The van der Waals surface area contributed by atoms with Crippen LogP contribution in [0.25, 0.3) is 0 Å². The zero-order chi connectivity index (χ0) is 9.97. The number of benzene rings is 1. The van der Waals surface area contributed by atoms with E-state index < -0.39 is 0 Å². The van der Waals surface area contributed by atoms with Crippen molar-refractivity contribution in [3.63, 3.8) is 0 Å². The van der Waals surface area contributed by atoms with Gasteiger partial charge in [-0.15, -0.1) is 0 Å². The van der Waals surface area contributed by atoms with Crippen LogP contribution in [-0.4, -0.2) is 6.10 Å². The van der Waals surface area contributed by atoms with Crippen LogP contribution in [0.1, 0.15) is 24.8 Å². The van der Waals surface area contributed by atoms with E-state index in [1.807, 2.05) is 18.2 Å². The quantitative estimate of drug-likeness (QED) is 0.804. The van der Waals surface area contributed by atoms with E-state index in [-0.39, 0.29) is 0 Å². The van der Waals surface area contributed by atoms with Crippen molar-refractivity contribution in [1.82, 2.24) is 0 Å². The van der Waals surface area contributed by atoms with Gasteiger partial charge >= 0.3 is 0 Å². The Morgan fingerprint density at radius 2 is 2.21 bits per heavy atom. The van der Waals surface area contributed by atoms with Crippen LogP contribution in [-0.2, 0) is 11.3 Å². The number of halogens is 2.